The van der Waals surface area contributed by atoms with Crippen molar-refractivity contribution in [1.29, 1.82) is 0 Å². The minimum atomic E-state index is -0.141. The van der Waals surface area contributed by atoms with Gasteiger partial charge in [-0.05, 0) is 28.4 Å². The van der Waals surface area contributed by atoms with E-state index in [0.29, 0.717) is 6.42 Å². The first kappa shape index (κ1) is 12.8. The standard InChI is InChI=1S/C8H11BrN2O.ClH/c9-8-6(2-1-4-11-8)7(10)3-5-12;/h1-2,4,7,12H,3,5,10H2;1H/t7-;/m0./s1. The van der Waals surface area contributed by atoms with Crippen LogP contribution in [-0.4, -0.2) is 16.7 Å². The van der Waals surface area contributed by atoms with Crippen LogP contribution in [0.1, 0.15) is 18.0 Å². The van der Waals surface area contributed by atoms with E-state index in [2.05, 4.69) is 20.9 Å². The number of pyridine rings is 1. The lowest BCUT2D eigenvalue weighted by Gasteiger charge is -2.10. The molecular weight excluding hydrogens is 255 g/mol. The predicted molar refractivity (Wildman–Crippen MR) is 57.8 cm³/mol. The SMILES string of the molecule is Cl.N[C@@H](CCO)c1cccnc1Br. The number of rotatable bonds is 3. The van der Waals surface area contributed by atoms with Crippen molar-refractivity contribution in [3.63, 3.8) is 0 Å². The molecule has 0 spiro atoms. The maximum absolute atomic E-state index is 8.67. The van der Waals surface area contributed by atoms with Crippen molar-refractivity contribution in [2.24, 2.45) is 5.73 Å². The topological polar surface area (TPSA) is 59.1 Å². The highest BCUT2D eigenvalue weighted by molar-refractivity contribution is 9.10. The maximum atomic E-state index is 8.67. The highest BCUT2D eigenvalue weighted by Gasteiger charge is 2.08. The molecule has 1 atom stereocenters. The Hall–Kier alpha value is -0.160. The number of nitrogens with zero attached hydrogens (tertiary/aromatic N) is 1. The van der Waals surface area contributed by atoms with Gasteiger partial charge in [-0.2, -0.15) is 0 Å². The summed E-state index contributed by atoms with van der Waals surface area (Å²) in [6, 6.07) is 3.59. The molecule has 0 aliphatic carbocycles. The van der Waals surface area contributed by atoms with Crippen molar-refractivity contribution in [3.05, 3.63) is 28.5 Å². The van der Waals surface area contributed by atoms with E-state index < -0.39 is 0 Å². The van der Waals surface area contributed by atoms with Gasteiger partial charge >= 0.3 is 0 Å². The fourth-order valence-corrected chi connectivity index (χ4v) is 1.51. The summed E-state index contributed by atoms with van der Waals surface area (Å²) in [5.41, 5.74) is 6.71. The van der Waals surface area contributed by atoms with Gasteiger partial charge in [0.05, 0.1) is 0 Å². The van der Waals surface area contributed by atoms with Gasteiger partial charge in [0.25, 0.3) is 0 Å². The van der Waals surface area contributed by atoms with Crippen LogP contribution in [0.4, 0.5) is 0 Å². The molecule has 13 heavy (non-hydrogen) atoms. The molecule has 0 radical (unpaired) electrons. The number of nitrogens with two attached hydrogens (primary N) is 1. The van der Waals surface area contributed by atoms with E-state index >= 15 is 0 Å². The third-order valence-electron chi connectivity index (χ3n) is 1.63. The number of hydrogen-bond acceptors (Lipinski definition) is 3. The lowest BCUT2D eigenvalue weighted by molar-refractivity contribution is 0.276. The molecule has 0 saturated heterocycles. The third kappa shape index (κ3) is 3.60. The van der Waals surface area contributed by atoms with Crippen molar-refractivity contribution < 1.29 is 5.11 Å². The monoisotopic (exact) mass is 266 g/mol. The van der Waals surface area contributed by atoms with E-state index in [-0.39, 0.29) is 25.1 Å². The van der Waals surface area contributed by atoms with Gasteiger partial charge in [-0.15, -0.1) is 12.4 Å². The molecule has 74 valence electrons. The van der Waals surface area contributed by atoms with Crippen molar-refractivity contribution in [2.45, 2.75) is 12.5 Å². The Morgan fingerprint density at radius 2 is 2.31 bits per heavy atom. The predicted octanol–water partition coefficient (Wildman–Crippen LogP) is 1.65. The van der Waals surface area contributed by atoms with Gasteiger partial charge in [0.1, 0.15) is 4.60 Å². The van der Waals surface area contributed by atoms with Gasteiger partial charge in [0.2, 0.25) is 0 Å². The Morgan fingerprint density at radius 3 is 2.85 bits per heavy atom. The summed E-state index contributed by atoms with van der Waals surface area (Å²) in [5, 5.41) is 8.67. The first-order valence-electron chi connectivity index (χ1n) is 3.72. The van der Waals surface area contributed by atoms with E-state index in [1.54, 1.807) is 6.20 Å². The molecule has 1 heterocycles. The Labute approximate surface area is 91.9 Å². The smallest absolute Gasteiger partial charge is 0.110 e. The van der Waals surface area contributed by atoms with Crippen LogP contribution in [0.25, 0.3) is 0 Å². The van der Waals surface area contributed by atoms with Crippen LogP contribution in [0.2, 0.25) is 0 Å². The van der Waals surface area contributed by atoms with Crippen LogP contribution >= 0.6 is 28.3 Å². The highest BCUT2D eigenvalue weighted by Crippen LogP contribution is 2.20. The molecule has 1 aromatic heterocycles. The Kier molecular flexibility index (Phi) is 6.24. The van der Waals surface area contributed by atoms with Crippen LogP contribution in [-0.2, 0) is 0 Å². The Bertz CT molecular complexity index is 260. The van der Waals surface area contributed by atoms with Crippen LogP contribution in [0.15, 0.2) is 22.9 Å². The summed E-state index contributed by atoms with van der Waals surface area (Å²) in [5.74, 6) is 0. The molecule has 3 N–H and O–H groups in total. The Morgan fingerprint density at radius 1 is 1.62 bits per heavy atom. The van der Waals surface area contributed by atoms with E-state index in [4.69, 9.17) is 10.8 Å². The zero-order valence-electron chi connectivity index (χ0n) is 6.98. The van der Waals surface area contributed by atoms with Crippen LogP contribution in [0, 0.1) is 0 Å². The van der Waals surface area contributed by atoms with Crippen molar-refractivity contribution >= 4 is 28.3 Å². The molecule has 1 rings (SSSR count). The zero-order chi connectivity index (χ0) is 8.97. The van der Waals surface area contributed by atoms with Gasteiger partial charge < -0.3 is 10.8 Å². The van der Waals surface area contributed by atoms with Gasteiger partial charge in [-0.3, -0.25) is 0 Å². The van der Waals surface area contributed by atoms with Gasteiger partial charge in [0, 0.05) is 24.4 Å². The molecule has 1 aromatic rings. The fourth-order valence-electron chi connectivity index (χ4n) is 0.970. The van der Waals surface area contributed by atoms with E-state index in [1.807, 2.05) is 12.1 Å². The molecule has 0 saturated carbocycles. The lowest BCUT2D eigenvalue weighted by Crippen LogP contribution is -2.12. The number of hydrogen-bond donors (Lipinski definition) is 2. The minimum Gasteiger partial charge on any atom is -0.396 e. The normalized spacial score (nSPS) is 11.9. The molecule has 0 aliphatic heterocycles. The molecule has 5 heteroatoms. The Balaban J connectivity index is 0.00000144. The number of aliphatic hydroxyl groups excluding tert-OH is 1. The second-order valence-corrected chi connectivity index (χ2v) is 3.25. The summed E-state index contributed by atoms with van der Waals surface area (Å²) in [6.07, 6.45) is 2.25. The quantitative estimate of drug-likeness (QED) is 0.819. The van der Waals surface area contributed by atoms with E-state index in [1.165, 1.54) is 0 Å². The van der Waals surface area contributed by atoms with Crippen molar-refractivity contribution in [2.75, 3.05) is 6.61 Å². The van der Waals surface area contributed by atoms with Crippen LogP contribution in [0.3, 0.4) is 0 Å². The largest absolute Gasteiger partial charge is 0.396 e. The molecular formula is C8H12BrClN2O. The van der Waals surface area contributed by atoms with Crippen molar-refractivity contribution in [3.8, 4) is 0 Å². The average Bonchev–Trinajstić information content (AvgIpc) is 2.05. The first-order chi connectivity index (χ1) is 5.75. The highest BCUT2D eigenvalue weighted by atomic mass is 79.9. The van der Waals surface area contributed by atoms with Crippen LogP contribution < -0.4 is 5.73 Å². The summed E-state index contributed by atoms with van der Waals surface area (Å²) in [4.78, 5) is 4.04. The summed E-state index contributed by atoms with van der Waals surface area (Å²) >= 11 is 3.29. The lowest BCUT2D eigenvalue weighted by atomic mass is 10.1. The molecule has 0 aliphatic rings. The second kappa shape index (κ2) is 6.32. The number of halogens is 2. The number of aliphatic hydroxyl groups is 1. The van der Waals surface area contributed by atoms with Crippen LogP contribution in [0.5, 0.6) is 0 Å². The molecule has 0 bridgehead atoms. The molecule has 0 aromatic carbocycles. The molecule has 0 unspecified atom stereocenters. The molecule has 0 amide bonds. The minimum absolute atomic E-state index is 0. The van der Waals surface area contributed by atoms with Gasteiger partial charge in [0.15, 0.2) is 0 Å². The van der Waals surface area contributed by atoms with E-state index in [9.17, 15) is 0 Å². The number of aromatic nitrogens is 1. The first-order valence-corrected chi connectivity index (χ1v) is 4.52. The van der Waals surface area contributed by atoms with Gasteiger partial charge in [-0.1, -0.05) is 6.07 Å². The summed E-state index contributed by atoms with van der Waals surface area (Å²) < 4.78 is 0.756. The molecule has 0 fully saturated rings. The third-order valence-corrected chi connectivity index (χ3v) is 2.29. The average molecular weight is 268 g/mol. The second-order valence-electron chi connectivity index (χ2n) is 2.50. The fraction of sp³-hybridized carbons (Fsp3) is 0.375. The van der Waals surface area contributed by atoms with Crippen molar-refractivity contribution in [1.82, 2.24) is 4.98 Å². The molecule has 3 nitrogen and oxygen atoms in total. The van der Waals surface area contributed by atoms with E-state index in [0.717, 1.165) is 10.2 Å². The summed E-state index contributed by atoms with van der Waals surface area (Å²) in [6.45, 7) is 0.0997. The summed E-state index contributed by atoms with van der Waals surface area (Å²) in [7, 11) is 0. The zero-order valence-corrected chi connectivity index (χ0v) is 9.38. The van der Waals surface area contributed by atoms with Gasteiger partial charge in [-0.25, -0.2) is 4.98 Å². The maximum Gasteiger partial charge on any atom is 0.110 e.